The number of fused-ring (bicyclic) bond motifs is 1. The number of amides is 2. The lowest BCUT2D eigenvalue weighted by atomic mass is 10.2. The number of benzene rings is 1. The van der Waals surface area contributed by atoms with E-state index >= 15 is 0 Å². The maximum Gasteiger partial charge on any atom is 0.348 e. The molecular formula is C10H10FN2O. The first kappa shape index (κ1) is 8.99. The molecule has 3 nitrogen and oxygen atoms in total. The van der Waals surface area contributed by atoms with Crippen molar-refractivity contribution in [1.29, 1.82) is 0 Å². The van der Waals surface area contributed by atoms with Gasteiger partial charge in [0.05, 0.1) is 11.4 Å². The van der Waals surface area contributed by atoms with Gasteiger partial charge in [0.2, 0.25) is 0 Å². The number of nitrogens with zero attached hydrogens (tertiary/aromatic N) is 2. The minimum Gasteiger partial charge on any atom is -0.288 e. The van der Waals surface area contributed by atoms with Gasteiger partial charge in [-0.1, -0.05) is 0 Å². The van der Waals surface area contributed by atoms with E-state index in [1.165, 1.54) is 12.1 Å². The van der Waals surface area contributed by atoms with Crippen molar-refractivity contribution in [1.82, 2.24) is 5.32 Å². The molecule has 14 heavy (non-hydrogen) atoms. The second-order valence-electron chi connectivity index (χ2n) is 3.49. The monoisotopic (exact) mass is 193 g/mol. The smallest absolute Gasteiger partial charge is 0.288 e. The van der Waals surface area contributed by atoms with Crippen LogP contribution in [0.15, 0.2) is 18.2 Å². The topological polar surface area (TPSA) is 34.4 Å². The molecule has 73 valence electrons. The number of rotatable bonds is 1. The molecule has 0 saturated heterocycles. The Bertz CT molecular complexity index is 390. The zero-order chi connectivity index (χ0) is 10.3. The van der Waals surface area contributed by atoms with Crippen LogP contribution in [0.3, 0.4) is 0 Å². The fourth-order valence-electron chi connectivity index (χ4n) is 1.55. The molecule has 0 N–H and O–H groups in total. The van der Waals surface area contributed by atoms with E-state index in [2.05, 4.69) is 5.32 Å². The number of carbonyl (C=O) groups is 1. The Kier molecular flexibility index (Phi) is 1.91. The van der Waals surface area contributed by atoms with E-state index in [-0.39, 0.29) is 17.9 Å². The van der Waals surface area contributed by atoms with Crippen LogP contribution in [-0.2, 0) is 0 Å². The Morgan fingerprint density at radius 1 is 1.43 bits per heavy atom. The predicted octanol–water partition coefficient (Wildman–Crippen LogP) is 2.41. The summed E-state index contributed by atoms with van der Waals surface area (Å²) < 4.78 is 12.8. The van der Waals surface area contributed by atoms with Gasteiger partial charge in [0.1, 0.15) is 5.82 Å². The maximum absolute atomic E-state index is 12.8. The van der Waals surface area contributed by atoms with Crippen molar-refractivity contribution in [2.75, 3.05) is 4.90 Å². The van der Waals surface area contributed by atoms with Gasteiger partial charge in [0.15, 0.2) is 0 Å². The van der Waals surface area contributed by atoms with Gasteiger partial charge in [-0.15, -0.1) is 0 Å². The van der Waals surface area contributed by atoms with Gasteiger partial charge in [-0.2, -0.15) is 5.32 Å². The van der Waals surface area contributed by atoms with E-state index in [4.69, 9.17) is 0 Å². The minimum absolute atomic E-state index is 0.0398. The normalized spacial score (nSPS) is 14.6. The number of urea groups is 1. The van der Waals surface area contributed by atoms with Crippen LogP contribution in [0, 0.1) is 5.82 Å². The predicted molar refractivity (Wildman–Crippen MR) is 51.2 cm³/mol. The SMILES string of the molecule is CC(C)N1C(=O)[N]c2cc(F)ccc21. The molecule has 0 aromatic heterocycles. The summed E-state index contributed by atoms with van der Waals surface area (Å²) in [5.41, 5.74) is 1.11. The number of hydrogen-bond donors (Lipinski definition) is 0. The molecule has 0 unspecified atom stereocenters. The van der Waals surface area contributed by atoms with Crippen LogP contribution in [0.25, 0.3) is 0 Å². The molecule has 0 saturated carbocycles. The molecule has 2 amide bonds. The quantitative estimate of drug-likeness (QED) is 0.674. The van der Waals surface area contributed by atoms with Crippen LogP contribution >= 0.6 is 0 Å². The van der Waals surface area contributed by atoms with Crippen molar-refractivity contribution >= 4 is 17.4 Å². The van der Waals surface area contributed by atoms with E-state index < -0.39 is 0 Å². The summed E-state index contributed by atoms with van der Waals surface area (Å²) in [7, 11) is 0. The lowest BCUT2D eigenvalue weighted by molar-refractivity contribution is 0.249. The highest BCUT2D eigenvalue weighted by Gasteiger charge is 2.30. The average Bonchev–Trinajstić information content (AvgIpc) is 2.39. The minimum atomic E-state index is -0.370. The molecule has 2 rings (SSSR count). The molecule has 0 atom stereocenters. The second-order valence-corrected chi connectivity index (χ2v) is 3.49. The number of halogens is 1. The molecule has 1 aliphatic rings. The average molecular weight is 193 g/mol. The van der Waals surface area contributed by atoms with E-state index in [0.717, 1.165) is 0 Å². The highest BCUT2D eigenvalue weighted by molar-refractivity contribution is 6.04. The molecule has 0 bridgehead atoms. The van der Waals surface area contributed by atoms with Crippen LogP contribution in [0.4, 0.5) is 20.6 Å². The third-order valence-electron chi connectivity index (χ3n) is 2.14. The van der Waals surface area contributed by atoms with Crippen LogP contribution in [0.5, 0.6) is 0 Å². The number of carbonyl (C=O) groups excluding carboxylic acids is 1. The first-order valence-electron chi connectivity index (χ1n) is 4.44. The molecule has 0 aliphatic carbocycles. The molecule has 1 aromatic carbocycles. The Hall–Kier alpha value is -1.58. The number of hydrogen-bond acceptors (Lipinski definition) is 1. The summed E-state index contributed by atoms with van der Waals surface area (Å²) >= 11 is 0. The molecule has 1 aromatic rings. The van der Waals surface area contributed by atoms with E-state index in [0.29, 0.717) is 11.4 Å². The lowest BCUT2D eigenvalue weighted by Gasteiger charge is -2.19. The van der Waals surface area contributed by atoms with Gasteiger partial charge < -0.3 is 0 Å². The molecule has 1 heterocycles. The summed E-state index contributed by atoms with van der Waals surface area (Å²) in [4.78, 5) is 13.0. The van der Waals surface area contributed by atoms with Crippen LogP contribution in [-0.4, -0.2) is 12.1 Å². The van der Waals surface area contributed by atoms with E-state index in [1.54, 1.807) is 11.0 Å². The van der Waals surface area contributed by atoms with Crippen LogP contribution < -0.4 is 10.2 Å². The van der Waals surface area contributed by atoms with Crippen LogP contribution in [0.1, 0.15) is 13.8 Å². The maximum atomic E-state index is 12.8. The Labute approximate surface area is 81.5 Å². The van der Waals surface area contributed by atoms with Gasteiger partial charge in [0.25, 0.3) is 0 Å². The van der Waals surface area contributed by atoms with Gasteiger partial charge in [-0.3, -0.25) is 4.90 Å². The highest BCUT2D eigenvalue weighted by Crippen LogP contribution is 2.34. The summed E-state index contributed by atoms with van der Waals surface area (Å²) in [6.07, 6.45) is 0. The largest absolute Gasteiger partial charge is 0.348 e. The van der Waals surface area contributed by atoms with Gasteiger partial charge >= 0.3 is 6.03 Å². The molecule has 1 radical (unpaired) electrons. The molecule has 0 fully saturated rings. The third-order valence-corrected chi connectivity index (χ3v) is 2.14. The molecule has 4 heteroatoms. The van der Waals surface area contributed by atoms with Crippen molar-refractivity contribution in [3.05, 3.63) is 24.0 Å². The van der Waals surface area contributed by atoms with Crippen molar-refractivity contribution < 1.29 is 9.18 Å². The van der Waals surface area contributed by atoms with Crippen molar-refractivity contribution in [3.63, 3.8) is 0 Å². The van der Waals surface area contributed by atoms with Gasteiger partial charge in [-0.05, 0) is 26.0 Å². The summed E-state index contributed by atoms with van der Waals surface area (Å²) in [5, 5.41) is 3.76. The first-order chi connectivity index (χ1) is 6.59. The molecule has 1 aliphatic heterocycles. The first-order valence-corrected chi connectivity index (χ1v) is 4.44. The van der Waals surface area contributed by atoms with Crippen molar-refractivity contribution in [3.8, 4) is 0 Å². The molecular weight excluding hydrogens is 183 g/mol. The summed E-state index contributed by atoms with van der Waals surface area (Å²) in [5.74, 6) is -0.370. The highest BCUT2D eigenvalue weighted by atomic mass is 19.1. The standard InChI is InChI=1S/C10H10FN2O/c1-6(2)13-9-4-3-7(11)5-8(9)12-10(13)14/h3-6H,1-2H3. The van der Waals surface area contributed by atoms with Gasteiger partial charge in [-0.25, -0.2) is 9.18 Å². The van der Waals surface area contributed by atoms with E-state index in [9.17, 15) is 9.18 Å². The van der Waals surface area contributed by atoms with Gasteiger partial charge in [0, 0.05) is 12.1 Å². The Morgan fingerprint density at radius 2 is 2.14 bits per heavy atom. The number of anilines is 1. The fraction of sp³-hybridized carbons (Fsp3) is 0.300. The Morgan fingerprint density at radius 3 is 2.79 bits per heavy atom. The molecule has 0 spiro atoms. The van der Waals surface area contributed by atoms with Crippen molar-refractivity contribution in [2.24, 2.45) is 0 Å². The summed E-state index contributed by atoms with van der Waals surface area (Å²) in [6.45, 7) is 3.79. The van der Waals surface area contributed by atoms with Crippen LogP contribution in [0.2, 0.25) is 0 Å². The second kappa shape index (κ2) is 2.97. The fourth-order valence-corrected chi connectivity index (χ4v) is 1.55. The lowest BCUT2D eigenvalue weighted by Crippen LogP contribution is -2.34. The third kappa shape index (κ3) is 1.23. The van der Waals surface area contributed by atoms with E-state index in [1.807, 2.05) is 13.8 Å². The zero-order valence-electron chi connectivity index (χ0n) is 7.99. The van der Waals surface area contributed by atoms with Crippen molar-refractivity contribution in [2.45, 2.75) is 19.9 Å². The summed E-state index contributed by atoms with van der Waals surface area (Å²) in [6, 6.07) is 3.91. The zero-order valence-corrected chi connectivity index (χ0v) is 7.99. The Balaban J connectivity index is 2.48.